The molecule has 2 aromatic rings. The van der Waals surface area contributed by atoms with E-state index in [1.54, 1.807) is 49.4 Å². The SMILES string of the molecule is CCCCOC(=O)c1ccc(NC(=O)C(C)Oc2ccc(Cl)cc2Cl)cc1. The number of anilines is 1. The molecule has 0 aliphatic heterocycles. The van der Waals surface area contributed by atoms with Gasteiger partial charge < -0.3 is 14.8 Å². The molecular formula is C20H21Cl2NO4. The van der Waals surface area contributed by atoms with E-state index in [2.05, 4.69) is 5.32 Å². The van der Waals surface area contributed by atoms with Crippen molar-refractivity contribution in [3.63, 3.8) is 0 Å². The van der Waals surface area contributed by atoms with Gasteiger partial charge in [-0.25, -0.2) is 4.79 Å². The molecule has 144 valence electrons. The molecule has 5 nitrogen and oxygen atoms in total. The molecule has 0 bridgehead atoms. The summed E-state index contributed by atoms with van der Waals surface area (Å²) in [5.41, 5.74) is 0.976. The molecular weight excluding hydrogens is 389 g/mol. The Morgan fingerprint density at radius 2 is 1.81 bits per heavy atom. The number of nitrogens with one attached hydrogen (secondary N) is 1. The van der Waals surface area contributed by atoms with Crippen LogP contribution in [0.15, 0.2) is 42.5 Å². The monoisotopic (exact) mass is 409 g/mol. The van der Waals surface area contributed by atoms with Gasteiger partial charge in [-0.3, -0.25) is 4.79 Å². The number of ether oxygens (including phenoxy) is 2. The quantitative estimate of drug-likeness (QED) is 0.470. The van der Waals surface area contributed by atoms with Crippen LogP contribution in [-0.2, 0) is 9.53 Å². The largest absolute Gasteiger partial charge is 0.479 e. The number of hydrogen-bond acceptors (Lipinski definition) is 4. The second kappa shape index (κ2) is 10.2. The van der Waals surface area contributed by atoms with Gasteiger partial charge in [-0.05, 0) is 55.8 Å². The van der Waals surface area contributed by atoms with Gasteiger partial charge in [0.05, 0.1) is 17.2 Å². The average molecular weight is 410 g/mol. The lowest BCUT2D eigenvalue weighted by molar-refractivity contribution is -0.122. The van der Waals surface area contributed by atoms with Gasteiger partial charge in [-0.1, -0.05) is 36.5 Å². The summed E-state index contributed by atoms with van der Waals surface area (Å²) < 4.78 is 10.7. The van der Waals surface area contributed by atoms with Crippen LogP contribution in [0.1, 0.15) is 37.0 Å². The summed E-state index contributed by atoms with van der Waals surface area (Å²) in [7, 11) is 0. The van der Waals surface area contributed by atoms with Gasteiger partial charge in [0, 0.05) is 10.7 Å². The maximum Gasteiger partial charge on any atom is 0.338 e. The predicted molar refractivity (Wildman–Crippen MR) is 107 cm³/mol. The van der Waals surface area contributed by atoms with Crippen LogP contribution < -0.4 is 10.1 Å². The molecule has 0 aliphatic rings. The van der Waals surface area contributed by atoms with E-state index in [0.717, 1.165) is 12.8 Å². The van der Waals surface area contributed by atoms with E-state index in [0.29, 0.717) is 33.7 Å². The highest BCUT2D eigenvalue weighted by Crippen LogP contribution is 2.28. The smallest absolute Gasteiger partial charge is 0.338 e. The van der Waals surface area contributed by atoms with Crippen LogP contribution in [0.2, 0.25) is 10.0 Å². The molecule has 0 aliphatic carbocycles. The summed E-state index contributed by atoms with van der Waals surface area (Å²) >= 11 is 11.9. The summed E-state index contributed by atoms with van der Waals surface area (Å²) in [5.74, 6) is -0.358. The third kappa shape index (κ3) is 6.45. The fraction of sp³-hybridized carbons (Fsp3) is 0.300. The van der Waals surface area contributed by atoms with Crippen LogP contribution in [0, 0.1) is 0 Å². The van der Waals surface area contributed by atoms with Crippen molar-refractivity contribution in [2.75, 3.05) is 11.9 Å². The number of carbonyl (C=O) groups is 2. The number of rotatable bonds is 8. The molecule has 0 saturated carbocycles. The van der Waals surface area contributed by atoms with Crippen molar-refractivity contribution in [3.05, 3.63) is 58.1 Å². The summed E-state index contributed by atoms with van der Waals surface area (Å²) in [6.07, 6.45) is 1.01. The normalized spacial score (nSPS) is 11.6. The molecule has 0 fully saturated rings. The second-order valence-electron chi connectivity index (χ2n) is 5.89. The Labute approximate surface area is 168 Å². The van der Waals surface area contributed by atoms with Crippen molar-refractivity contribution in [3.8, 4) is 5.75 Å². The fourth-order valence-corrected chi connectivity index (χ4v) is 2.59. The molecule has 0 heterocycles. The van der Waals surface area contributed by atoms with Gasteiger partial charge in [0.1, 0.15) is 5.75 Å². The zero-order valence-corrected chi connectivity index (χ0v) is 16.6. The third-order valence-electron chi connectivity index (χ3n) is 3.69. The summed E-state index contributed by atoms with van der Waals surface area (Å²) in [4.78, 5) is 24.2. The number of benzene rings is 2. The first kappa shape index (κ1) is 21.1. The van der Waals surface area contributed by atoms with E-state index in [9.17, 15) is 9.59 Å². The molecule has 0 aromatic heterocycles. The Morgan fingerprint density at radius 1 is 1.11 bits per heavy atom. The molecule has 1 unspecified atom stereocenters. The van der Waals surface area contributed by atoms with Crippen LogP contribution in [0.3, 0.4) is 0 Å². The lowest BCUT2D eigenvalue weighted by Gasteiger charge is -2.16. The molecule has 0 spiro atoms. The predicted octanol–water partition coefficient (Wildman–Crippen LogP) is 5.36. The van der Waals surface area contributed by atoms with Gasteiger partial charge in [0.2, 0.25) is 0 Å². The lowest BCUT2D eigenvalue weighted by atomic mass is 10.2. The summed E-state index contributed by atoms with van der Waals surface area (Å²) in [6, 6.07) is 11.3. The van der Waals surface area contributed by atoms with Gasteiger partial charge >= 0.3 is 5.97 Å². The number of hydrogen-bond donors (Lipinski definition) is 1. The molecule has 0 radical (unpaired) electrons. The Morgan fingerprint density at radius 3 is 2.44 bits per heavy atom. The lowest BCUT2D eigenvalue weighted by Crippen LogP contribution is -2.30. The second-order valence-corrected chi connectivity index (χ2v) is 6.73. The first-order chi connectivity index (χ1) is 12.9. The van der Waals surface area contributed by atoms with Gasteiger partial charge in [0.15, 0.2) is 6.10 Å². The molecule has 0 saturated heterocycles. The third-order valence-corrected chi connectivity index (χ3v) is 4.22. The first-order valence-electron chi connectivity index (χ1n) is 8.60. The number of halogens is 2. The number of amides is 1. The van der Waals surface area contributed by atoms with E-state index in [1.807, 2.05) is 6.92 Å². The van der Waals surface area contributed by atoms with Crippen LogP contribution in [0.4, 0.5) is 5.69 Å². The van der Waals surface area contributed by atoms with E-state index in [-0.39, 0.29) is 11.9 Å². The highest BCUT2D eigenvalue weighted by molar-refractivity contribution is 6.35. The summed E-state index contributed by atoms with van der Waals surface area (Å²) in [5, 5.41) is 3.54. The molecule has 7 heteroatoms. The Bertz CT molecular complexity index is 793. The van der Waals surface area contributed by atoms with Crippen molar-refractivity contribution in [1.82, 2.24) is 0 Å². The van der Waals surface area contributed by atoms with Crippen molar-refractivity contribution in [1.29, 1.82) is 0 Å². The Balaban J connectivity index is 1.91. The van der Waals surface area contributed by atoms with E-state index < -0.39 is 6.10 Å². The minimum atomic E-state index is -0.776. The number of esters is 1. The van der Waals surface area contributed by atoms with Crippen LogP contribution >= 0.6 is 23.2 Å². The van der Waals surface area contributed by atoms with E-state index in [4.69, 9.17) is 32.7 Å². The maximum absolute atomic E-state index is 12.3. The molecule has 2 aromatic carbocycles. The van der Waals surface area contributed by atoms with Crippen molar-refractivity contribution in [2.45, 2.75) is 32.8 Å². The summed E-state index contributed by atoms with van der Waals surface area (Å²) in [6.45, 7) is 4.03. The average Bonchev–Trinajstić information content (AvgIpc) is 2.64. The molecule has 1 amide bonds. The zero-order valence-electron chi connectivity index (χ0n) is 15.1. The first-order valence-corrected chi connectivity index (χ1v) is 9.36. The minimum Gasteiger partial charge on any atom is -0.479 e. The van der Waals surface area contributed by atoms with Crippen LogP contribution in [0.5, 0.6) is 5.75 Å². The van der Waals surface area contributed by atoms with Crippen LogP contribution in [0.25, 0.3) is 0 Å². The minimum absolute atomic E-state index is 0.327. The Hall–Kier alpha value is -2.24. The van der Waals surface area contributed by atoms with Gasteiger partial charge in [-0.2, -0.15) is 0 Å². The zero-order chi connectivity index (χ0) is 19.8. The Kier molecular flexibility index (Phi) is 7.95. The van der Waals surface area contributed by atoms with Crippen molar-refractivity contribution >= 4 is 40.8 Å². The molecule has 2 rings (SSSR count). The van der Waals surface area contributed by atoms with Crippen molar-refractivity contribution < 1.29 is 19.1 Å². The molecule has 27 heavy (non-hydrogen) atoms. The maximum atomic E-state index is 12.3. The van der Waals surface area contributed by atoms with E-state index >= 15 is 0 Å². The van der Waals surface area contributed by atoms with Crippen LogP contribution in [-0.4, -0.2) is 24.6 Å². The molecule has 1 atom stereocenters. The number of unbranched alkanes of at least 4 members (excludes halogenated alkanes) is 1. The highest BCUT2D eigenvalue weighted by atomic mass is 35.5. The van der Waals surface area contributed by atoms with Gasteiger partial charge in [0.25, 0.3) is 5.91 Å². The van der Waals surface area contributed by atoms with E-state index in [1.165, 1.54) is 0 Å². The van der Waals surface area contributed by atoms with Gasteiger partial charge in [-0.15, -0.1) is 0 Å². The highest BCUT2D eigenvalue weighted by Gasteiger charge is 2.17. The topological polar surface area (TPSA) is 64.6 Å². The molecule has 1 N–H and O–H groups in total. The standard InChI is InChI=1S/C20H21Cl2NO4/c1-3-4-11-26-20(25)14-5-8-16(9-6-14)23-19(24)13(2)27-18-10-7-15(21)12-17(18)22/h5-10,12-13H,3-4,11H2,1-2H3,(H,23,24). The fourth-order valence-electron chi connectivity index (χ4n) is 2.14. The number of carbonyl (C=O) groups excluding carboxylic acids is 2. The van der Waals surface area contributed by atoms with Crippen molar-refractivity contribution in [2.24, 2.45) is 0 Å².